The molecule has 0 bridgehead atoms. The number of aryl methyl sites for hydroxylation is 1. The molecule has 1 aromatic heterocycles. The normalized spacial score (nSPS) is 21.6. The molecule has 22 heavy (non-hydrogen) atoms. The number of anilines is 1. The molecule has 1 saturated heterocycles. The molecule has 0 spiro atoms. The fraction of sp³-hybridized carbons (Fsp3) is 0.611. The number of rotatable bonds is 2. The first-order valence-corrected chi connectivity index (χ1v) is 8.73. The van der Waals surface area contributed by atoms with Crippen LogP contribution in [0.3, 0.4) is 0 Å². The van der Waals surface area contributed by atoms with Crippen LogP contribution in [0, 0.1) is 0 Å². The van der Waals surface area contributed by atoms with Crippen molar-refractivity contribution in [1.29, 1.82) is 0 Å². The van der Waals surface area contributed by atoms with Crippen molar-refractivity contribution in [3.63, 3.8) is 0 Å². The highest BCUT2D eigenvalue weighted by Gasteiger charge is 2.26. The Morgan fingerprint density at radius 1 is 0.955 bits per heavy atom. The Labute approximate surface area is 132 Å². The summed E-state index contributed by atoms with van der Waals surface area (Å²) in [6.45, 7) is 4.59. The molecular formula is C18H26N4. The van der Waals surface area contributed by atoms with Gasteiger partial charge in [0.05, 0.1) is 11.0 Å². The Morgan fingerprint density at radius 2 is 1.68 bits per heavy atom. The zero-order valence-corrected chi connectivity index (χ0v) is 13.5. The number of hydrogen-bond acceptors (Lipinski definition) is 3. The number of imidazole rings is 1. The first-order chi connectivity index (χ1) is 10.8. The fourth-order valence-electron chi connectivity index (χ4n) is 4.15. The molecule has 0 radical (unpaired) electrons. The van der Waals surface area contributed by atoms with Gasteiger partial charge < -0.3 is 9.47 Å². The summed E-state index contributed by atoms with van der Waals surface area (Å²) in [7, 11) is 2.14. The van der Waals surface area contributed by atoms with E-state index in [0.717, 1.165) is 30.6 Å². The minimum Gasteiger partial charge on any atom is -0.340 e. The van der Waals surface area contributed by atoms with Crippen molar-refractivity contribution in [3.05, 3.63) is 24.3 Å². The maximum absolute atomic E-state index is 4.84. The van der Waals surface area contributed by atoms with E-state index in [1.807, 2.05) is 0 Å². The Bertz CT molecular complexity index is 634. The number of piperazine rings is 1. The van der Waals surface area contributed by atoms with Crippen LogP contribution in [0.25, 0.3) is 11.0 Å². The zero-order valence-electron chi connectivity index (χ0n) is 13.5. The first kappa shape index (κ1) is 14.1. The third-order valence-electron chi connectivity index (χ3n) is 5.45. The van der Waals surface area contributed by atoms with Crippen LogP contribution in [0.2, 0.25) is 0 Å². The third kappa shape index (κ3) is 2.50. The molecule has 2 heterocycles. The van der Waals surface area contributed by atoms with Crippen LogP contribution < -0.4 is 4.90 Å². The van der Waals surface area contributed by atoms with E-state index < -0.39 is 0 Å². The summed E-state index contributed by atoms with van der Waals surface area (Å²) >= 11 is 0. The van der Waals surface area contributed by atoms with Crippen LogP contribution >= 0.6 is 0 Å². The number of fused-ring (bicyclic) bond motifs is 1. The van der Waals surface area contributed by atoms with Gasteiger partial charge in [-0.2, -0.15) is 0 Å². The van der Waals surface area contributed by atoms with Crippen molar-refractivity contribution in [2.24, 2.45) is 7.05 Å². The summed E-state index contributed by atoms with van der Waals surface area (Å²) < 4.78 is 2.24. The molecule has 0 amide bonds. The minimum atomic E-state index is 0.844. The second-order valence-electron chi connectivity index (χ2n) is 6.77. The molecule has 4 heteroatoms. The fourth-order valence-corrected chi connectivity index (χ4v) is 4.15. The molecule has 4 nitrogen and oxygen atoms in total. The average Bonchev–Trinajstić information content (AvgIpc) is 2.93. The van der Waals surface area contributed by atoms with E-state index in [-0.39, 0.29) is 0 Å². The van der Waals surface area contributed by atoms with Gasteiger partial charge in [0, 0.05) is 39.3 Å². The Hall–Kier alpha value is -1.55. The molecule has 2 fully saturated rings. The standard InChI is InChI=1S/C18H26N4/c1-20-17-10-6-5-9-16(17)19-18(20)22-13-11-21(12-14-22)15-7-3-2-4-8-15/h5-6,9-10,15H,2-4,7-8,11-14H2,1H3. The van der Waals surface area contributed by atoms with Crippen LogP contribution in [0.5, 0.6) is 0 Å². The Kier molecular flexibility index (Phi) is 3.78. The molecule has 1 aromatic carbocycles. The highest BCUT2D eigenvalue weighted by atomic mass is 15.4. The highest BCUT2D eigenvalue weighted by molar-refractivity contribution is 5.78. The van der Waals surface area contributed by atoms with Gasteiger partial charge in [-0.25, -0.2) is 4.98 Å². The summed E-state index contributed by atoms with van der Waals surface area (Å²) in [4.78, 5) is 10.0. The van der Waals surface area contributed by atoms with E-state index in [9.17, 15) is 0 Å². The van der Waals surface area contributed by atoms with Crippen molar-refractivity contribution >= 4 is 17.0 Å². The van der Waals surface area contributed by atoms with Gasteiger partial charge in [-0.1, -0.05) is 31.4 Å². The summed E-state index contributed by atoms with van der Waals surface area (Å²) in [5.74, 6) is 1.13. The van der Waals surface area contributed by atoms with Crippen LogP contribution in [-0.2, 0) is 7.05 Å². The number of para-hydroxylation sites is 2. The highest BCUT2D eigenvalue weighted by Crippen LogP contribution is 2.26. The predicted molar refractivity (Wildman–Crippen MR) is 91.4 cm³/mol. The number of aromatic nitrogens is 2. The maximum atomic E-state index is 4.84. The molecule has 2 aromatic rings. The van der Waals surface area contributed by atoms with Gasteiger partial charge in [-0.05, 0) is 25.0 Å². The van der Waals surface area contributed by atoms with Crippen LogP contribution in [0.15, 0.2) is 24.3 Å². The van der Waals surface area contributed by atoms with Crippen LogP contribution in [0.4, 0.5) is 5.95 Å². The average molecular weight is 298 g/mol. The number of benzene rings is 1. The number of nitrogens with zero attached hydrogens (tertiary/aromatic N) is 4. The van der Waals surface area contributed by atoms with Crippen molar-refractivity contribution in [3.8, 4) is 0 Å². The molecule has 1 aliphatic heterocycles. The Morgan fingerprint density at radius 3 is 2.41 bits per heavy atom. The first-order valence-electron chi connectivity index (χ1n) is 8.73. The predicted octanol–water partition coefficient (Wildman–Crippen LogP) is 3.03. The monoisotopic (exact) mass is 298 g/mol. The van der Waals surface area contributed by atoms with E-state index >= 15 is 0 Å². The lowest BCUT2D eigenvalue weighted by atomic mass is 9.94. The molecule has 0 unspecified atom stereocenters. The summed E-state index contributed by atoms with van der Waals surface area (Å²) in [5.41, 5.74) is 2.34. The molecule has 1 saturated carbocycles. The van der Waals surface area contributed by atoms with Crippen molar-refractivity contribution < 1.29 is 0 Å². The smallest absolute Gasteiger partial charge is 0.206 e. The van der Waals surface area contributed by atoms with Crippen LogP contribution in [0.1, 0.15) is 32.1 Å². The van der Waals surface area contributed by atoms with Crippen molar-refractivity contribution in [2.45, 2.75) is 38.1 Å². The van der Waals surface area contributed by atoms with E-state index in [1.54, 1.807) is 0 Å². The molecular weight excluding hydrogens is 272 g/mol. The lowest BCUT2D eigenvalue weighted by molar-refractivity contribution is 0.147. The summed E-state index contributed by atoms with van der Waals surface area (Å²) in [6, 6.07) is 9.27. The second-order valence-corrected chi connectivity index (χ2v) is 6.77. The van der Waals surface area contributed by atoms with Gasteiger partial charge in [0.15, 0.2) is 0 Å². The van der Waals surface area contributed by atoms with Crippen molar-refractivity contribution in [1.82, 2.24) is 14.5 Å². The molecule has 0 atom stereocenters. The second kappa shape index (κ2) is 5.92. The van der Waals surface area contributed by atoms with Gasteiger partial charge >= 0.3 is 0 Å². The SMILES string of the molecule is Cn1c(N2CCN(C3CCCCC3)CC2)nc2ccccc21. The largest absolute Gasteiger partial charge is 0.340 e. The molecule has 1 aliphatic carbocycles. The lowest BCUT2D eigenvalue weighted by Crippen LogP contribution is -2.51. The summed E-state index contributed by atoms with van der Waals surface area (Å²) in [5, 5.41) is 0. The van der Waals surface area contributed by atoms with Crippen LogP contribution in [-0.4, -0.2) is 46.7 Å². The molecule has 2 aliphatic rings. The van der Waals surface area contributed by atoms with Crippen molar-refractivity contribution in [2.75, 3.05) is 31.1 Å². The summed E-state index contributed by atoms with van der Waals surface area (Å²) in [6.07, 6.45) is 7.11. The molecule has 0 N–H and O–H groups in total. The van der Waals surface area contributed by atoms with Gasteiger partial charge in [0.2, 0.25) is 5.95 Å². The molecule has 4 rings (SSSR count). The quantitative estimate of drug-likeness (QED) is 0.852. The lowest BCUT2D eigenvalue weighted by Gasteiger charge is -2.41. The zero-order chi connectivity index (χ0) is 14.9. The Balaban J connectivity index is 1.47. The molecule has 118 valence electrons. The minimum absolute atomic E-state index is 0.844. The number of hydrogen-bond donors (Lipinski definition) is 0. The van der Waals surface area contributed by atoms with Gasteiger partial charge in [-0.15, -0.1) is 0 Å². The van der Waals surface area contributed by atoms with Gasteiger partial charge in [0.1, 0.15) is 0 Å². The van der Waals surface area contributed by atoms with E-state index in [0.29, 0.717) is 0 Å². The van der Waals surface area contributed by atoms with E-state index in [2.05, 4.69) is 45.7 Å². The van der Waals surface area contributed by atoms with Gasteiger partial charge in [0.25, 0.3) is 0 Å². The maximum Gasteiger partial charge on any atom is 0.206 e. The van der Waals surface area contributed by atoms with Gasteiger partial charge in [-0.3, -0.25) is 4.90 Å². The van der Waals surface area contributed by atoms with E-state index in [4.69, 9.17) is 4.98 Å². The third-order valence-corrected chi connectivity index (χ3v) is 5.45. The topological polar surface area (TPSA) is 24.3 Å². The van der Waals surface area contributed by atoms with E-state index in [1.165, 1.54) is 50.7 Å².